The van der Waals surface area contributed by atoms with Crippen LogP contribution in [0.25, 0.3) is 0 Å². The number of hydrogen-bond donors (Lipinski definition) is 0. The first-order chi connectivity index (χ1) is 14.6. The van der Waals surface area contributed by atoms with Gasteiger partial charge < -0.3 is 29.4 Å². The summed E-state index contributed by atoms with van der Waals surface area (Å²) in [5, 5.41) is 0. The molecule has 0 aliphatic rings. The van der Waals surface area contributed by atoms with Gasteiger partial charge in [-0.1, -0.05) is 74.5 Å². The summed E-state index contributed by atoms with van der Waals surface area (Å²) in [5.41, 5.74) is 2.74. The molecule has 0 bridgehead atoms. The van der Waals surface area contributed by atoms with Crippen LogP contribution in [0.4, 0.5) is 0 Å². The maximum atomic E-state index is 2.26. The molecule has 32 heavy (non-hydrogen) atoms. The van der Waals surface area contributed by atoms with Crippen molar-refractivity contribution in [2.45, 2.75) is 38.8 Å². The van der Waals surface area contributed by atoms with E-state index in [1.54, 1.807) is 0 Å². The molecule has 0 radical (unpaired) electrons. The van der Waals surface area contributed by atoms with E-state index < -0.39 is 0 Å². The number of aromatic nitrogens is 4. The van der Waals surface area contributed by atoms with Crippen LogP contribution in [-0.2, 0) is 14.1 Å². The van der Waals surface area contributed by atoms with Gasteiger partial charge in [0.25, 0.3) is 0 Å². The monoisotopic (exact) mass is 516 g/mol. The van der Waals surface area contributed by atoms with Crippen LogP contribution < -0.4 is 38.5 Å². The summed E-state index contributed by atoms with van der Waals surface area (Å²) in [4.78, 5) is 0. The van der Waals surface area contributed by atoms with Crippen LogP contribution >= 0.6 is 0 Å². The normalized spacial score (nSPS) is 11.9. The van der Waals surface area contributed by atoms with E-state index in [-0.39, 0.29) is 29.4 Å². The molecule has 2 atom stereocenters. The van der Waals surface area contributed by atoms with Gasteiger partial charge in [0.15, 0.2) is 0 Å². The number of hydrogen-bond acceptors (Lipinski definition) is 0. The average molecular weight is 518 g/mol. The minimum absolute atomic E-state index is 0. The van der Waals surface area contributed by atoms with E-state index in [4.69, 9.17) is 0 Å². The maximum absolute atomic E-state index is 2.26. The molecule has 6 heteroatoms. The van der Waals surface area contributed by atoms with Crippen molar-refractivity contribution in [3.05, 3.63) is 109 Å². The predicted molar refractivity (Wildman–Crippen MR) is 121 cm³/mol. The summed E-state index contributed by atoms with van der Waals surface area (Å²) < 4.78 is 8.67. The molecular formula is C26H34BrClN4. The molecule has 0 saturated heterocycles. The Morgan fingerprint density at radius 3 is 1.25 bits per heavy atom. The van der Waals surface area contributed by atoms with Crippen LogP contribution in [0, 0.1) is 0 Å². The second kappa shape index (κ2) is 13.9. The molecule has 2 aromatic carbocycles. The number of aryl methyl sites for hydroxylation is 2. The minimum Gasteiger partial charge on any atom is -1.00 e. The molecule has 0 spiro atoms. The highest BCUT2D eigenvalue weighted by molar-refractivity contribution is 5.17. The van der Waals surface area contributed by atoms with Crippen molar-refractivity contribution in [3.63, 3.8) is 0 Å². The molecule has 4 nitrogen and oxygen atoms in total. The molecule has 172 valence electrons. The quantitative estimate of drug-likeness (QED) is 0.281. The van der Waals surface area contributed by atoms with Gasteiger partial charge in [-0.15, -0.1) is 0 Å². The first-order valence-corrected chi connectivity index (χ1v) is 10.8. The second-order valence-corrected chi connectivity index (χ2v) is 7.72. The zero-order valence-electron chi connectivity index (χ0n) is 19.4. The largest absolute Gasteiger partial charge is 1.00 e. The molecule has 0 aliphatic heterocycles. The number of rotatable bonds is 6. The van der Waals surface area contributed by atoms with E-state index in [2.05, 4.69) is 130 Å². The highest BCUT2D eigenvalue weighted by Crippen LogP contribution is 2.16. The van der Waals surface area contributed by atoms with Gasteiger partial charge in [0.05, 0.1) is 14.1 Å². The Morgan fingerprint density at radius 2 is 1.00 bits per heavy atom. The smallest absolute Gasteiger partial charge is 0.244 e. The fourth-order valence-electron chi connectivity index (χ4n) is 3.90. The molecule has 0 saturated carbocycles. The van der Waals surface area contributed by atoms with Crippen LogP contribution in [0.2, 0.25) is 0 Å². The summed E-state index contributed by atoms with van der Waals surface area (Å²) in [5.74, 6) is 0. The first-order valence-electron chi connectivity index (χ1n) is 10.8. The second-order valence-electron chi connectivity index (χ2n) is 7.72. The van der Waals surface area contributed by atoms with Gasteiger partial charge in [-0.05, 0) is 24.0 Å². The average Bonchev–Trinajstić information content (AvgIpc) is 3.40. The zero-order valence-corrected chi connectivity index (χ0v) is 21.7. The molecule has 4 aromatic rings. The summed E-state index contributed by atoms with van der Waals surface area (Å²) in [6, 6.07) is 22.2. The Bertz CT molecular complexity index is 931. The Morgan fingerprint density at radius 1 is 0.656 bits per heavy atom. The minimum atomic E-state index is 0. The lowest BCUT2D eigenvalue weighted by Crippen LogP contribution is -3.00. The molecule has 4 rings (SSSR count). The summed E-state index contributed by atoms with van der Waals surface area (Å²) in [6.07, 6.45) is 14.9. The SMILES string of the molecule is CCC(c1ccccc1)[n+]1ccn(C)c1.CCC(c1ccccc1)[n+]1ccn(C)c1.[Br-].[Cl-]. The highest BCUT2D eigenvalue weighted by Gasteiger charge is 2.16. The highest BCUT2D eigenvalue weighted by atomic mass is 79.9. The van der Waals surface area contributed by atoms with Crippen LogP contribution in [0.5, 0.6) is 0 Å². The fraction of sp³-hybridized carbons (Fsp3) is 0.308. The van der Waals surface area contributed by atoms with E-state index in [1.165, 1.54) is 11.1 Å². The molecule has 2 unspecified atom stereocenters. The van der Waals surface area contributed by atoms with Gasteiger partial charge in [0.2, 0.25) is 12.7 Å². The third-order valence-corrected chi connectivity index (χ3v) is 5.44. The number of halogens is 2. The van der Waals surface area contributed by atoms with Gasteiger partial charge >= 0.3 is 0 Å². The maximum Gasteiger partial charge on any atom is 0.244 e. The Hall–Kier alpha value is -2.37. The number of nitrogens with zero attached hydrogens (tertiary/aromatic N) is 4. The van der Waals surface area contributed by atoms with Crippen LogP contribution in [0.15, 0.2) is 98.1 Å². The van der Waals surface area contributed by atoms with E-state index >= 15 is 0 Å². The summed E-state index contributed by atoms with van der Waals surface area (Å²) in [6.45, 7) is 4.44. The van der Waals surface area contributed by atoms with Crippen molar-refractivity contribution in [2.75, 3.05) is 0 Å². The van der Waals surface area contributed by atoms with E-state index in [1.807, 2.05) is 14.1 Å². The Balaban J connectivity index is 0.000000301. The number of benzene rings is 2. The van der Waals surface area contributed by atoms with Crippen LogP contribution in [-0.4, -0.2) is 9.13 Å². The predicted octanol–water partition coefficient (Wildman–Crippen LogP) is -1.37. The molecule has 0 amide bonds. The zero-order chi connectivity index (χ0) is 21.3. The summed E-state index contributed by atoms with van der Waals surface area (Å²) in [7, 11) is 4.10. The molecule has 0 fully saturated rings. The number of imidazole rings is 2. The molecular weight excluding hydrogens is 484 g/mol. The molecule has 0 aliphatic carbocycles. The third-order valence-electron chi connectivity index (χ3n) is 5.44. The third kappa shape index (κ3) is 7.35. The van der Waals surface area contributed by atoms with Gasteiger partial charge in [0.1, 0.15) is 36.9 Å². The fourth-order valence-corrected chi connectivity index (χ4v) is 3.90. The molecule has 2 aromatic heterocycles. The van der Waals surface area contributed by atoms with Gasteiger partial charge in [-0.3, -0.25) is 0 Å². The van der Waals surface area contributed by atoms with Crippen molar-refractivity contribution in [1.82, 2.24) is 9.13 Å². The molecule has 2 heterocycles. The van der Waals surface area contributed by atoms with Crippen molar-refractivity contribution < 1.29 is 38.5 Å². The van der Waals surface area contributed by atoms with Crippen LogP contribution in [0.1, 0.15) is 49.9 Å². The van der Waals surface area contributed by atoms with Crippen molar-refractivity contribution in [2.24, 2.45) is 14.1 Å². The van der Waals surface area contributed by atoms with E-state index in [9.17, 15) is 0 Å². The lowest BCUT2D eigenvalue weighted by atomic mass is 10.0. The van der Waals surface area contributed by atoms with Crippen LogP contribution in [0.3, 0.4) is 0 Å². The van der Waals surface area contributed by atoms with Crippen molar-refractivity contribution in [3.8, 4) is 0 Å². The topological polar surface area (TPSA) is 17.6 Å². The Labute approximate surface area is 209 Å². The van der Waals surface area contributed by atoms with E-state index in [0.717, 1.165) is 12.8 Å². The Kier molecular flexibility index (Phi) is 12.0. The summed E-state index contributed by atoms with van der Waals surface area (Å²) >= 11 is 0. The molecule has 0 N–H and O–H groups in total. The lowest BCUT2D eigenvalue weighted by Gasteiger charge is -2.11. The standard InChI is InChI=1S/2C13H17N2.BrH.ClH/c2*1-3-13(12-7-5-4-6-8-12)15-10-9-14(2)11-15;;/h2*4-11,13H,3H2,1-2H3;2*1H/q2*+1;;/p-2. The van der Waals surface area contributed by atoms with Crippen molar-refractivity contribution >= 4 is 0 Å². The van der Waals surface area contributed by atoms with Crippen molar-refractivity contribution in [1.29, 1.82) is 0 Å². The first kappa shape index (κ1) is 27.7. The van der Waals surface area contributed by atoms with Gasteiger partial charge in [-0.25, -0.2) is 18.3 Å². The van der Waals surface area contributed by atoms with E-state index in [0.29, 0.717) is 12.1 Å². The van der Waals surface area contributed by atoms with Gasteiger partial charge in [-0.2, -0.15) is 0 Å². The van der Waals surface area contributed by atoms with Gasteiger partial charge in [0, 0.05) is 0 Å². The lowest BCUT2D eigenvalue weighted by molar-refractivity contribution is -0.713.